The number of hydrogen-bond donors (Lipinski definition) is 2. The number of H-pyrrole nitrogens is 1. The van der Waals surface area contributed by atoms with Gasteiger partial charge in [-0.2, -0.15) is 18.3 Å². The smallest absolute Gasteiger partial charge is 0.330 e. The Balaban J connectivity index is 2.28. The summed E-state index contributed by atoms with van der Waals surface area (Å²) in [6, 6.07) is 1.11. The van der Waals surface area contributed by atoms with Crippen LogP contribution in [0.5, 0.6) is 0 Å². The van der Waals surface area contributed by atoms with Gasteiger partial charge >= 0.3 is 6.18 Å². The van der Waals surface area contributed by atoms with Gasteiger partial charge in [0.1, 0.15) is 0 Å². The number of halogens is 3. The van der Waals surface area contributed by atoms with Gasteiger partial charge in [0.25, 0.3) is 0 Å². The van der Waals surface area contributed by atoms with E-state index in [1.54, 1.807) is 0 Å². The second kappa shape index (κ2) is 4.33. The molecule has 1 aliphatic carbocycles. The average Bonchev–Trinajstić information content (AvgIpc) is 2.79. The molecule has 0 radical (unpaired) electrons. The van der Waals surface area contributed by atoms with Crippen LogP contribution in [0.25, 0.3) is 0 Å². The zero-order valence-electron chi connectivity index (χ0n) is 9.48. The third-order valence-electron chi connectivity index (χ3n) is 3.64. The van der Waals surface area contributed by atoms with E-state index in [2.05, 4.69) is 10.2 Å². The van der Waals surface area contributed by atoms with Crippen molar-refractivity contribution < 1.29 is 13.2 Å². The van der Waals surface area contributed by atoms with Crippen LogP contribution in [-0.4, -0.2) is 16.7 Å². The van der Waals surface area contributed by atoms with E-state index in [4.69, 9.17) is 5.73 Å². The van der Waals surface area contributed by atoms with Gasteiger partial charge in [0.05, 0.1) is 0 Å². The molecule has 0 amide bonds. The van der Waals surface area contributed by atoms with Gasteiger partial charge in [-0.25, -0.2) is 0 Å². The van der Waals surface area contributed by atoms with Crippen LogP contribution < -0.4 is 5.73 Å². The summed E-state index contributed by atoms with van der Waals surface area (Å²) in [5.41, 5.74) is 5.10. The molecule has 1 aromatic rings. The van der Waals surface area contributed by atoms with Crippen LogP contribution >= 0.6 is 0 Å². The Morgan fingerprint density at radius 3 is 2.41 bits per heavy atom. The second-order valence-corrected chi connectivity index (χ2v) is 4.71. The van der Waals surface area contributed by atoms with Gasteiger partial charge in [-0.1, -0.05) is 19.3 Å². The lowest BCUT2D eigenvalue weighted by atomic mass is 9.72. The zero-order valence-corrected chi connectivity index (χ0v) is 9.48. The van der Waals surface area contributed by atoms with Crippen molar-refractivity contribution in [2.24, 2.45) is 5.73 Å². The van der Waals surface area contributed by atoms with Crippen molar-refractivity contribution in [3.05, 3.63) is 17.5 Å². The third kappa shape index (κ3) is 2.31. The molecule has 3 nitrogen and oxygen atoms in total. The molecule has 1 aliphatic rings. The molecule has 0 aliphatic heterocycles. The Morgan fingerprint density at radius 2 is 1.94 bits per heavy atom. The second-order valence-electron chi connectivity index (χ2n) is 4.71. The molecule has 1 heterocycles. The van der Waals surface area contributed by atoms with Crippen molar-refractivity contribution in [2.45, 2.75) is 43.7 Å². The number of nitrogens with one attached hydrogen (secondary N) is 1. The molecule has 0 spiro atoms. The minimum Gasteiger partial charge on any atom is -0.330 e. The summed E-state index contributed by atoms with van der Waals surface area (Å²) in [4.78, 5) is 0. The van der Waals surface area contributed by atoms with Crippen molar-refractivity contribution in [1.82, 2.24) is 10.2 Å². The molecular weight excluding hydrogens is 231 g/mol. The summed E-state index contributed by atoms with van der Waals surface area (Å²) in [5.74, 6) is 0. The fourth-order valence-electron chi connectivity index (χ4n) is 2.55. The Kier molecular flexibility index (Phi) is 3.16. The zero-order chi connectivity index (χ0) is 12.5. The molecule has 2 rings (SSSR count). The number of aromatic amines is 1. The van der Waals surface area contributed by atoms with E-state index in [-0.39, 0.29) is 5.41 Å². The summed E-state index contributed by atoms with van der Waals surface area (Å²) >= 11 is 0. The SMILES string of the molecule is NCC1(c2cc(C(F)(F)F)n[nH]2)CCCCC1. The first kappa shape index (κ1) is 12.4. The van der Waals surface area contributed by atoms with Gasteiger partial charge in [0.2, 0.25) is 0 Å². The number of hydrogen-bond acceptors (Lipinski definition) is 2. The molecule has 0 aromatic carbocycles. The number of nitrogens with zero attached hydrogens (tertiary/aromatic N) is 1. The largest absolute Gasteiger partial charge is 0.435 e. The first-order valence-corrected chi connectivity index (χ1v) is 5.81. The lowest BCUT2D eigenvalue weighted by Gasteiger charge is -2.35. The quantitative estimate of drug-likeness (QED) is 0.844. The highest BCUT2D eigenvalue weighted by atomic mass is 19.4. The molecule has 96 valence electrons. The Bertz CT molecular complexity index is 378. The van der Waals surface area contributed by atoms with E-state index in [0.29, 0.717) is 12.2 Å². The Morgan fingerprint density at radius 1 is 1.29 bits per heavy atom. The highest BCUT2D eigenvalue weighted by Gasteiger charge is 2.39. The first-order chi connectivity index (χ1) is 7.98. The summed E-state index contributed by atoms with van der Waals surface area (Å²) in [5, 5.41) is 5.87. The first-order valence-electron chi connectivity index (χ1n) is 5.81. The van der Waals surface area contributed by atoms with Gasteiger partial charge in [0.15, 0.2) is 5.69 Å². The summed E-state index contributed by atoms with van der Waals surface area (Å²) in [6.07, 6.45) is 0.433. The van der Waals surface area contributed by atoms with Gasteiger partial charge in [-0.15, -0.1) is 0 Å². The topological polar surface area (TPSA) is 54.7 Å². The summed E-state index contributed by atoms with van der Waals surface area (Å²) < 4.78 is 37.5. The predicted octanol–water partition coefficient (Wildman–Crippen LogP) is 2.59. The van der Waals surface area contributed by atoms with Crippen molar-refractivity contribution in [2.75, 3.05) is 6.54 Å². The fraction of sp³-hybridized carbons (Fsp3) is 0.727. The van der Waals surface area contributed by atoms with Gasteiger partial charge in [-0.3, -0.25) is 5.10 Å². The fourth-order valence-corrected chi connectivity index (χ4v) is 2.55. The van der Waals surface area contributed by atoms with Crippen molar-refractivity contribution in [1.29, 1.82) is 0 Å². The molecule has 0 unspecified atom stereocenters. The Hall–Kier alpha value is -1.04. The van der Waals surface area contributed by atoms with Crippen molar-refractivity contribution in [3.8, 4) is 0 Å². The van der Waals surface area contributed by atoms with E-state index < -0.39 is 11.9 Å². The molecule has 0 saturated heterocycles. The van der Waals surface area contributed by atoms with Crippen molar-refractivity contribution >= 4 is 0 Å². The highest BCUT2D eigenvalue weighted by molar-refractivity contribution is 5.22. The minimum atomic E-state index is -4.39. The van der Waals surface area contributed by atoms with Gasteiger partial charge < -0.3 is 5.73 Å². The molecule has 1 saturated carbocycles. The molecule has 1 fully saturated rings. The Labute approximate surface area is 97.6 Å². The van der Waals surface area contributed by atoms with Crippen LogP contribution in [0.2, 0.25) is 0 Å². The average molecular weight is 247 g/mol. The predicted molar refractivity (Wildman–Crippen MR) is 57.4 cm³/mol. The van der Waals surface area contributed by atoms with Crippen LogP contribution in [0.3, 0.4) is 0 Å². The van der Waals surface area contributed by atoms with E-state index in [1.165, 1.54) is 0 Å². The molecule has 3 N–H and O–H groups in total. The number of rotatable bonds is 2. The van der Waals surface area contributed by atoms with Crippen LogP contribution in [0, 0.1) is 0 Å². The van der Waals surface area contributed by atoms with Crippen LogP contribution in [0.15, 0.2) is 6.07 Å². The summed E-state index contributed by atoms with van der Waals surface area (Å²) in [7, 11) is 0. The van der Waals surface area contributed by atoms with Crippen LogP contribution in [-0.2, 0) is 11.6 Å². The van der Waals surface area contributed by atoms with Crippen molar-refractivity contribution in [3.63, 3.8) is 0 Å². The lowest BCUT2D eigenvalue weighted by molar-refractivity contribution is -0.141. The summed E-state index contributed by atoms with van der Waals surface area (Å²) in [6.45, 7) is 0.368. The van der Waals surface area contributed by atoms with Gasteiger partial charge in [-0.05, 0) is 18.9 Å². The van der Waals surface area contributed by atoms with Gasteiger partial charge in [0, 0.05) is 17.7 Å². The number of aromatic nitrogens is 2. The van der Waals surface area contributed by atoms with E-state index >= 15 is 0 Å². The standard InChI is InChI=1S/C11H16F3N3/c12-11(13,14)9-6-8(16-17-9)10(7-15)4-2-1-3-5-10/h6H,1-5,7,15H2,(H,16,17). The van der Waals surface area contributed by atoms with Crippen LogP contribution in [0.1, 0.15) is 43.5 Å². The molecule has 0 atom stereocenters. The maximum absolute atomic E-state index is 12.5. The molecular formula is C11H16F3N3. The lowest BCUT2D eigenvalue weighted by Crippen LogP contribution is -2.37. The van der Waals surface area contributed by atoms with Crippen LogP contribution in [0.4, 0.5) is 13.2 Å². The van der Waals surface area contributed by atoms with E-state index in [1.807, 2.05) is 0 Å². The maximum atomic E-state index is 12.5. The number of nitrogens with two attached hydrogens (primary N) is 1. The molecule has 6 heteroatoms. The monoisotopic (exact) mass is 247 g/mol. The molecule has 0 bridgehead atoms. The third-order valence-corrected chi connectivity index (χ3v) is 3.64. The minimum absolute atomic E-state index is 0.339. The molecule has 17 heavy (non-hydrogen) atoms. The maximum Gasteiger partial charge on any atom is 0.435 e. The normalized spacial score (nSPS) is 20.5. The molecule has 1 aromatic heterocycles. The highest BCUT2D eigenvalue weighted by Crippen LogP contribution is 2.39. The van der Waals surface area contributed by atoms with E-state index in [9.17, 15) is 13.2 Å². The van der Waals surface area contributed by atoms with E-state index in [0.717, 1.165) is 38.2 Å². The number of alkyl halides is 3.